The minimum Gasteiger partial charge on any atom is -0.422 e. The molecule has 7 heteroatoms. The van der Waals surface area contributed by atoms with Crippen LogP contribution in [0, 0.1) is 0 Å². The number of amides is 2. The van der Waals surface area contributed by atoms with Crippen LogP contribution in [0.3, 0.4) is 0 Å². The summed E-state index contributed by atoms with van der Waals surface area (Å²) in [6, 6.07) is 18.1. The van der Waals surface area contributed by atoms with Gasteiger partial charge in [0.25, 0.3) is 11.1 Å². The molecule has 1 aliphatic heterocycles. The summed E-state index contributed by atoms with van der Waals surface area (Å²) in [5.41, 5.74) is 0.957. The van der Waals surface area contributed by atoms with Crippen molar-refractivity contribution in [1.29, 1.82) is 0 Å². The maximum atomic E-state index is 12.8. The number of nitrogens with one attached hydrogen (secondary N) is 1. The van der Waals surface area contributed by atoms with Gasteiger partial charge in [-0.15, -0.1) is 0 Å². The average molecular weight is 454 g/mol. The highest BCUT2D eigenvalue weighted by Gasteiger charge is 2.25. The van der Waals surface area contributed by atoms with Crippen LogP contribution in [0.4, 0.5) is 4.79 Å². The minimum atomic E-state index is -0.502. The van der Waals surface area contributed by atoms with Gasteiger partial charge in [-0.25, -0.2) is 4.79 Å². The molecular formula is C21H12BrNO4S. The van der Waals surface area contributed by atoms with Crippen molar-refractivity contribution in [2.24, 2.45) is 0 Å². The van der Waals surface area contributed by atoms with E-state index in [9.17, 15) is 14.4 Å². The maximum Gasteiger partial charge on any atom is 0.344 e. The third-order valence-electron chi connectivity index (χ3n) is 4.11. The zero-order valence-electron chi connectivity index (χ0n) is 14.3. The molecule has 3 aromatic rings. The van der Waals surface area contributed by atoms with Crippen molar-refractivity contribution in [1.82, 2.24) is 5.32 Å². The number of thioether (sulfide) groups is 1. The monoisotopic (exact) mass is 453 g/mol. The number of halogens is 1. The molecular weight excluding hydrogens is 442 g/mol. The Balaban J connectivity index is 1.70. The van der Waals surface area contributed by atoms with E-state index in [1.165, 1.54) is 6.08 Å². The van der Waals surface area contributed by atoms with E-state index in [1.807, 2.05) is 30.3 Å². The van der Waals surface area contributed by atoms with Crippen molar-refractivity contribution in [2.75, 3.05) is 0 Å². The van der Waals surface area contributed by atoms with Crippen LogP contribution >= 0.6 is 27.7 Å². The number of ether oxygens (including phenoxy) is 1. The Labute approximate surface area is 172 Å². The third-order valence-corrected chi connectivity index (χ3v) is 5.42. The fourth-order valence-electron chi connectivity index (χ4n) is 2.85. The zero-order valence-corrected chi connectivity index (χ0v) is 16.7. The summed E-state index contributed by atoms with van der Waals surface area (Å²) in [5.74, 6) is -0.680. The lowest BCUT2D eigenvalue weighted by atomic mass is 10.0. The van der Waals surface area contributed by atoms with Gasteiger partial charge in [-0.1, -0.05) is 52.3 Å². The molecule has 1 saturated heterocycles. The van der Waals surface area contributed by atoms with E-state index in [0.29, 0.717) is 16.9 Å². The maximum absolute atomic E-state index is 12.8. The van der Waals surface area contributed by atoms with Gasteiger partial charge < -0.3 is 4.74 Å². The molecule has 2 amide bonds. The Bertz CT molecular complexity index is 1170. The Morgan fingerprint density at radius 2 is 1.82 bits per heavy atom. The number of fused-ring (bicyclic) bond motifs is 1. The predicted molar refractivity (Wildman–Crippen MR) is 112 cm³/mol. The Morgan fingerprint density at radius 3 is 2.61 bits per heavy atom. The highest BCUT2D eigenvalue weighted by Crippen LogP contribution is 2.31. The summed E-state index contributed by atoms with van der Waals surface area (Å²) in [7, 11) is 0. The van der Waals surface area contributed by atoms with Crippen molar-refractivity contribution in [2.45, 2.75) is 0 Å². The first-order chi connectivity index (χ1) is 13.5. The first-order valence-electron chi connectivity index (χ1n) is 8.25. The first kappa shape index (κ1) is 18.5. The number of imide groups is 1. The van der Waals surface area contributed by atoms with Gasteiger partial charge in [-0.2, -0.15) is 0 Å². The van der Waals surface area contributed by atoms with E-state index in [2.05, 4.69) is 21.2 Å². The van der Waals surface area contributed by atoms with Crippen molar-refractivity contribution in [3.63, 3.8) is 0 Å². The molecule has 0 atom stereocenters. The highest BCUT2D eigenvalue weighted by molar-refractivity contribution is 9.10. The summed E-state index contributed by atoms with van der Waals surface area (Å²) in [6.07, 6.45) is 1.53. The molecule has 28 heavy (non-hydrogen) atoms. The number of hydrogen-bond donors (Lipinski definition) is 1. The van der Waals surface area contributed by atoms with Crippen molar-refractivity contribution < 1.29 is 19.1 Å². The standard InChI is InChI=1S/C21H12BrNO4S/c22-14-8-9-17(13(10-14)11-18-19(24)23-21(26)28-18)27-20(25)16-7-3-5-12-4-1-2-6-15(12)16/h1-11H,(H,23,24,26)/b18-11-. The van der Waals surface area contributed by atoms with Crippen LogP contribution < -0.4 is 10.1 Å². The quantitative estimate of drug-likeness (QED) is 0.337. The lowest BCUT2D eigenvalue weighted by Gasteiger charge is -2.10. The second-order valence-corrected chi connectivity index (χ2v) is 7.88. The number of rotatable bonds is 3. The van der Waals surface area contributed by atoms with Crippen LogP contribution in [-0.2, 0) is 4.79 Å². The van der Waals surface area contributed by atoms with Crippen molar-refractivity contribution >= 4 is 61.7 Å². The van der Waals surface area contributed by atoms with E-state index in [1.54, 1.807) is 30.3 Å². The molecule has 1 N–H and O–H groups in total. The summed E-state index contributed by atoms with van der Waals surface area (Å²) in [6.45, 7) is 0. The Kier molecular flexibility index (Phi) is 5.02. The smallest absolute Gasteiger partial charge is 0.344 e. The highest BCUT2D eigenvalue weighted by atomic mass is 79.9. The molecule has 0 aliphatic carbocycles. The van der Waals surface area contributed by atoms with Crippen LogP contribution in [0.2, 0.25) is 0 Å². The summed E-state index contributed by atoms with van der Waals surface area (Å²) in [5, 5.41) is 3.51. The van der Waals surface area contributed by atoms with E-state index in [4.69, 9.17) is 4.74 Å². The first-order valence-corrected chi connectivity index (χ1v) is 9.86. The molecule has 0 bridgehead atoms. The van der Waals surface area contributed by atoms with Gasteiger partial charge >= 0.3 is 5.97 Å². The fourth-order valence-corrected chi connectivity index (χ4v) is 3.90. The van der Waals surface area contributed by atoms with Gasteiger partial charge in [0.15, 0.2) is 0 Å². The summed E-state index contributed by atoms with van der Waals surface area (Å²) >= 11 is 4.18. The molecule has 0 radical (unpaired) electrons. The number of carbonyl (C=O) groups is 3. The summed E-state index contributed by atoms with van der Waals surface area (Å²) in [4.78, 5) is 36.3. The normalized spacial score (nSPS) is 15.1. The van der Waals surface area contributed by atoms with Gasteiger partial charge in [0.05, 0.1) is 10.5 Å². The number of esters is 1. The van der Waals surface area contributed by atoms with Crippen molar-refractivity contribution in [3.05, 3.63) is 81.2 Å². The van der Waals surface area contributed by atoms with Gasteiger partial charge in [-0.3, -0.25) is 14.9 Å². The number of hydrogen-bond acceptors (Lipinski definition) is 5. The van der Waals surface area contributed by atoms with E-state index < -0.39 is 17.1 Å². The second kappa shape index (κ2) is 7.61. The average Bonchev–Trinajstić information content (AvgIpc) is 3.00. The van der Waals surface area contributed by atoms with Gasteiger partial charge in [0.1, 0.15) is 5.75 Å². The topological polar surface area (TPSA) is 72.5 Å². The third kappa shape index (κ3) is 3.72. The molecule has 1 heterocycles. The number of carbonyl (C=O) groups excluding carboxylic acids is 3. The summed E-state index contributed by atoms with van der Waals surface area (Å²) < 4.78 is 6.39. The molecule has 0 aromatic heterocycles. The van der Waals surface area contributed by atoms with Gasteiger partial charge in [0.2, 0.25) is 0 Å². The molecule has 0 saturated carbocycles. The second-order valence-electron chi connectivity index (χ2n) is 5.95. The van der Waals surface area contributed by atoms with Crippen LogP contribution in [-0.4, -0.2) is 17.1 Å². The van der Waals surface area contributed by atoms with Crippen molar-refractivity contribution in [3.8, 4) is 5.75 Å². The molecule has 1 fully saturated rings. The van der Waals surface area contributed by atoms with Gasteiger partial charge in [0, 0.05) is 10.0 Å². The molecule has 4 rings (SSSR count). The van der Waals surface area contributed by atoms with Crippen LogP contribution in [0.1, 0.15) is 15.9 Å². The fraction of sp³-hybridized carbons (Fsp3) is 0. The van der Waals surface area contributed by atoms with Crippen LogP contribution in [0.15, 0.2) is 70.0 Å². The Hall–Kier alpha value is -2.90. The van der Waals surface area contributed by atoms with Crippen LogP contribution in [0.5, 0.6) is 5.75 Å². The largest absolute Gasteiger partial charge is 0.422 e. The predicted octanol–water partition coefficient (Wildman–Crippen LogP) is 5.15. The molecule has 5 nitrogen and oxygen atoms in total. The van der Waals surface area contributed by atoms with E-state index >= 15 is 0 Å². The van der Waals surface area contributed by atoms with E-state index in [0.717, 1.165) is 27.0 Å². The minimum absolute atomic E-state index is 0.241. The molecule has 1 aliphatic rings. The lowest BCUT2D eigenvalue weighted by Crippen LogP contribution is -2.17. The lowest BCUT2D eigenvalue weighted by molar-refractivity contribution is -0.115. The molecule has 3 aromatic carbocycles. The molecule has 138 valence electrons. The van der Waals surface area contributed by atoms with Crippen LogP contribution in [0.25, 0.3) is 16.8 Å². The Morgan fingerprint density at radius 1 is 1.04 bits per heavy atom. The zero-order chi connectivity index (χ0) is 19.7. The molecule has 0 spiro atoms. The van der Waals surface area contributed by atoms with Gasteiger partial charge in [-0.05, 0) is 52.9 Å². The van der Waals surface area contributed by atoms with E-state index in [-0.39, 0.29) is 4.91 Å². The SMILES string of the molecule is O=C1NC(=O)/C(=C/c2cc(Br)ccc2OC(=O)c2cccc3ccccc23)S1. The number of benzene rings is 3. The molecule has 0 unspecified atom stereocenters.